The normalized spacial score (nSPS) is 22.3. The minimum atomic E-state index is -1.15. The number of piperidine rings is 3. The number of fused-ring (bicyclic) bond motifs is 4. The number of pyridine rings is 1. The van der Waals surface area contributed by atoms with Crippen LogP contribution < -0.4 is 30.9 Å². The molecule has 6 aliphatic heterocycles. The van der Waals surface area contributed by atoms with E-state index in [4.69, 9.17) is 9.72 Å². The third-order valence-electron chi connectivity index (χ3n) is 14.9. The largest absolute Gasteiger partial charge is 0.457 e. The third kappa shape index (κ3) is 8.62. The molecule has 5 aromatic rings. The van der Waals surface area contributed by atoms with E-state index in [1.165, 1.54) is 30.7 Å². The Morgan fingerprint density at radius 2 is 1.57 bits per heavy atom. The van der Waals surface area contributed by atoms with Gasteiger partial charge < -0.3 is 30.5 Å². The molecule has 4 aromatic carbocycles. The van der Waals surface area contributed by atoms with Crippen molar-refractivity contribution in [3.8, 4) is 11.5 Å². The maximum absolute atomic E-state index is 13.3. The number of halogens is 1. The summed E-state index contributed by atoms with van der Waals surface area (Å²) in [7, 11) is 0. The Labute approximate surface area is 393 Å². The lowest BCUT2D eigenvalue weighted by Crippen LogP contribution is -2.69. The number of imide groups is 1. The number of aromatic nitrogens is 1. The molecule has 7 heterocycles. The molecular formula is C52H54FN9O6. The van der Waals surface area contributed by atoms with Crippen LogP contribution in [0.4, 0.5) is 27.1 Å². The van der Waals surface area contributed by atoms with Crippen molar-refractivity contribution < 1.29 is 33.1 Å². The Hall–Kier alpha value is -6.91. The Morgan fingerprint density at radius 3 is 2.28 bits per heavy atom. The summed E-state index contributed by atoms with van der Waals surface area (Å²) in [5, 5.41) is 12.5. The molecule has 350 valence electrons. The second kappa shape index (κ2) is 18.0. The molecule has 5 saturated heterocycles. The first kappa shape index (κ1) is 43.6. The predicted octanol–water partition coefficient (Wildman–Crippen LogP) is 6.37. The molecule has 16 heteroatoms. The number of carbonyl (C=O) groups is 5. The highest BCUT2D eigenvalue weighted by atomic mass is 19.1. The van der Waals surface area contributed by atoms with E-state index in [-0.39, 0.29) is 24.1 Å². The molecule has 5 amide bonds. The van der Waals surface area contributed by atoms with Crippen LogP contribution in [0.5, 0.6) is 11.5 Å². The number of carbonyl (C=O) groups excluding carboxylic acids is 5. The van der Waals surface area contributed by atoms with Crippen LogP contribution in [0.1, 0.15) is 60.9 Å². The summed E-state index contributed by atoms with van der Waals surface area (Å²) in [6.45, 7) is 7.32. The summed E-state index contributed by atoms with van der Waals surface area (Å²) in [5.41, 5.74) is 4.32. The molecule has 3 unspecified atom stereocenters. The molecule has 3 atom stereocenters. The Bertz CT molecular complexity index is 2780. The highest BCUT2D eigenvalue weighted by Crippen LogP contribution is 2.48. The van der Waals surface area contributed by atoms with Gasteiger partial charge in [-0.1, -0.05) is 6.07 Å². The van der Waals surface area contributed by atoms with Gasteiger partial charge in [0.1, 0.15) is 28.8 Å². The van der Waals surface area contributed by atoms with Crippen molar-refractivity contribution in [1.82, 2.24) is 25.0 Å². The summed E-state index contributed by atoms with van der Waals surface area (Å²) in [5.74, 6) is -0.0767. The average Bonchev–Trinajstić information content (AvgIpc) is 4.11. The summed E-state index contributed by atoms with van der Waals surface area (Å²) < 4.78 is 19.6. The highest BCUT2D eigenvalue weighted by molar-refractivity contribution is 6.17. The van der Waals surface area contributed by atoms with E-state index in [0.29, 0.717) is 72.2 Å². The number of nitrogens with zero attached hydrogens (tertiary/aromatic N) is 5. The number of amides is 5. The average molecular weight is 920 g/mol. The molecule has 2 bridgehead atoms. The Kier molecular flexibility index (Phi) is 11.5. The number of benzene rings is 4. The van der Waals surface area contributed by atoms with E-state index in [9.17, 15) is 28.4 Å². The lowest BCUT2D eigenvalue weighted by atomic mass is 9.84. The second-order valence-electron chi connectivity index (χ2n) is 19.2. The van der Waals surface area contributed by atoms with Crippen LogP contribution >= 0.6 is 0 Å². The molecule has 1 aliphatic carbocycles. The quantitative estimate of drug-likeness (QED) is 0.0722. The standard InChI is InChI=1S/C52H54FN9O6/c53-33-4-6-34(7-5-33)56-50(66)52(19-20-52)51(67)57-35-8-11-39(12-9-35)68-46-16-21-54-44-27-36(10-13-41(44)46)60-23-17-32(18-24-60)28-61-37-26-38(61)30-59(29-37)25-22-55-43-3-1-2-40-42(43)31-62(49(40)65)45-14-15-47(63)58-48(45)64/h1-13,16,21,27,32,37-38,45,55H,14-15,17-20,22-26,28-31H2,(H,56,66)(H,57,67)(H,58,63,64). The van der Waals surface area contributed by atoms with Crippen molar-refractivity contribution in [2.45, 2.75) is 69.6 Å². The number of anilines is 4. The number of ether oxygens (including phenoxy) is 1. The number of hydrogen-bond acceptors (Lipinski definition) is 11. The first-order valence-corrected chi connectivity index (χ1v) is 23.9. The third-order valence-corrected chi connectivity index (χ3v) is 14.9. The monoisotopic (exact) mass is 919 g/mol. The smallest absolute Gasteiger partial charge is 0.255 e. The van der Waals surface area contributed by atoms with Gasteiger partial charge >= 0.3 is 0 Å². The van der Waals surface area contributed by atoms with Gasteiger partial charge in [0.25, 0.3) is 5.91 Å². The maximum atomic E-state index is 13.3. The van der Waals surface area contributed by atoms with Crippen LogP contribution in [-0.4, -0.2) is 113 Å². The van der Waals surface area contributed by atoms with E-state index in [1.807, 2.05) is 24.3 Å². The van der Waals surface area contributed by atoms with Gasteiger partial charge in [-0.2, -0.15) is 0 Å². The maximum Gasteiger partial charge on any atom is 0.255 e. The van der Waals surface area contributed by atoms with Crippen LogP contribution in [0.3, 0.4) is 0 Å². The zero-order valence-corrected chi connectivity index (χ0v) is 37.7. The van der Waals surface area contributed by atoms with E-state index in [0.717, 1.165) is 86.5 Å². The minimum absolute atomic E-state index is 0.153. The van der Waals surface area contributed by atoms with Gasteiger partial charge in [-0.3, -0.25) is 44.1 Å². The van der Waals surface area contributed by atoms with Gasteiger partial charge in [-0.25, -0.2) is 4.39 Å². The highest BCUT2D eigenvalue weighted by Gasteiger charge is 2.56. The van der Waals surface area contributed by atoms with Crippen LogP contribution in [0.15, 0.2) is 97.2 Å². The van der Waals surface area contributed by atoms with Crippen molar-refractivity contribution >= 4 is 63.2 Å². The molecule has 0 radical (unpaired) electrons. The first-order chi connectivity index (χ1) is 33.1. The van der Waals surface area contributed by atoms with Crippen molar-refractivity contribution in [3.63, 3.8) is 0 Å². The van der Waals surface area contributed by atoms with Crippen molar-refractivity contribution in [2.75, 3.05) is 66.7 Å². The van der Waals surface area contributed by atoms with Gasteiger partial charge in [-0.15, -0.1) is 0 Å². The molecule has 12 rings (SSSR count). The van der Waals surface area contributed by atoms with Crippen LogP contribution in [0.25, 0.3) is 10.9 Å². The topological polar surface area (TPSA) is 169 Å². The Morgan fingerprint density at radius 1 is 0.853 bits per heavy atom. The van der Waals surface area contributed by atoms with Crippen molar-refractivity contribution in [1.29, 1.82) is 0 Å². The summed E-state index contributed by atoms with van der Waals surface area (Å²) >= 11 is 0. The fourth-order valence-electron chi connectivity index (χ4n) is 10.9. The minimum Gasteiger partial charge on any atom is -0.457 e. The molecule has 4 N–H and O–H groups in total. The zero-order valence-electron chi connectivity index (χ0n) is 37.7. The van der Waals surface area contributed by atoms with Crippen LogP contribution in [-0.2, 0) is 25.7 Å². The zero-order chi connectivity index (χ0) is 46.5. The van der Waals surface area contributed by atoms with Gasteiger partial charge in [0.15, 0.2) is 0 Å². The van der Waals surface area contributed by atoms with E-state index < -0.39 is 29.1 Å². The molecule has 15 nitrogen and oxygen atoms in total. The van der Waals surface area contributed by atoms with E-state index in [1.54, 1.807) is 35.4 Å². The lowest BCUT2D eigenvalue weighted by molar-refractivity contribution is -0.137. The molecule has 68 heavy (non-hydrogen) atoms. The first-order valence-electron chi connectivity index (χ1n) is 23.9. The van der Waals surface area contributed by atoms with Gasteiger partial charge in [0.2, 0.25) is 23.6 Å². The van der Waals surface area contributed by atoms with E-state index in [2.05, 4.69) is 54.2 Å². The molecule has 1 saturated carbocycles. The number of rotatable bonds is 14. The van der Waals surface area contributed by atoms with Gasteiger partial charge in [0, 0.05) is 116 Å². The fraction of sp³-hybridized carbons (Fsp3) is 0.385. The summed E-state index contributed by atoms with van der Waals surface area (Å²) in [6.07, 6.45) is 6.77. The summed E-state index contributed by atoms with van der Waals surface area (Å²) in [4.78, 5) is 77.8. The fourth-order valence-corrected chi connectivity index (χ4v) is 10.9. The summed E-state index contributed by atoms with van der Waals surface area (Å²) in [6, 6.07) is 27.0. The number of piperazine rings is 1. The molecule has 0 spiro atoms. The SMILES string of the molecule is O=C1CCC(N2Cc3c(NCCN4CC5CC(C4)N5CC4CCN(c5ccc6c(Oc7ccc(NC(=O)C8(C(=O)Nc9ccc(F)cc9)CC8)cc7)ccnc6c5)CC4)cccc3C2=O)C(=O)N1. The predicted molar refractivity (Wildman–Crippen MR) is 255 cm³/mol. The molecular weight excluding hydrogens is 866 g/mol. The van der Waals surface area contributed by atoms with Crippen LogP contribution in [0, 0.1) is 17.2 Å². The molecule has 6 fully saturated rings. The van der Waals surface area contributed by atoms with Crippen molar-refractivity contribution in [3.05, 3.63) is 114 Å². The number of nitrogens with one attached hydrogen (secondary N) is 4. The Balaban J connectivity index is 0.627. The molecule has 1 aromatic heterocycles. The van der Waals surface area contributed by atoms with E-state index >= 15 is 0 Å². The molecule has 7 aliphatic rings. The second-order valence-corrected chi connectivity index (χ2v) is 19.2. The van der Waals surface area contributed by atoms with Gasteiger partial charge in [0.05, 0.1) is 5.52 Å². The number of hydrogen-bond donors (Lipinski definition) is 4. The lowest BCUT2D eigenvalue weighted by Gasteiger charge is -2.57. The van der Waals surface area contributed by atoms with Crippen LogP contribution in [0.2, 0.25) is 0 Å². The van der Waals surface area contributed by atoms with Gasteiger partial charge in [-0.05, 0) is 129 Å². The van der Waals surface area contributed by atoms with Crippen molar-refractivity contribution in [2.24, 2.45) is 11.3 Å².